The topological polar surface area (TPSA) is 80.3 Å². The fourth-order valence-corrected chi connectivity index (χ4v) is 2.46. The Kier molecular flexibility index (Phi) is 7.26. The minimum Gasteiger partial charge on any atom is -0.493 e. The predicted molar refractivity (Wildman–Crippen MR) is 103 cm³/mol. The van der Waals surface area contributed by atoms with Gasteiger partial charge >= 0.3 is 5.97 Å². The van der Waals surface area contributed by atoms with Gasteiger partial charge in [-0.05, 0) is 49.2 Å². The number of ether oxygens (including phenoxy) is 5. The first-order chi connectivity index (χ1) is 13.4. The summed E-state index contributed by atoms with van der Waals surface area (Å²) in [5.41, 5.74) is 2.46. The highest BCUT2D eigenvalue weighted by Crippen LogP contribution is 2.38. The number of carbonyl (C=O) groups excluding carboxylic acids is 2. The van der Waals surface area contributed by atoms with E-state index in [0.29, 0.717) is 23.0 Å². The van der Waals surface area contributed by atoms with Gasteiger partial charge in [-0.1, -0.05) is 6.07 Å². The van der Waals surface area contributed by atoms with Gasteiger partial charge in [0.1, 0.15) is 5.75 Å². The molecule has 0 aliphatic carbocycles. The molecule has 0 radical (unpaired) electrons. The smallest absolute Gasteiger partial charge is 0.344 e. The van der Waals surface area contributed by atoms with Crippen LogP contribution in [-0.2, 0) is 9.53 Å². The minimum atomic E-state index is -0.640. The molecule has 0 spiro atoms. The lowest BCUT2D eigenvalue weighted by Crippen LogP contribution is -2.19. The Morgan fingerprint density at radius 3 is 2.00 bits per heavy atom. The van der Waals surface area contributed by atoms with E-state index < -0.39 is 18.4 Å². The first kappa shape index (κ1) is 21.1. The summed E-state index contributed by atoms with van der Waals surface area (Å²) in [6.07, 6.45) is 0. The van der Waals surface area contributed by atoms with Crippen molar-refractivity contribution in [3.8, 4) is 23.0 Å². The maximum Gasteiger partial charge on any atom is 0.344 e. The van der Waals surface area contributed by atoms with Gasteiger partial charge in [0.05, 0.1) is 21.3 Å². The number of carbonyl (C=O) groups is 2. The summed E-state index contributed by atoms with van der Waals surface area (Å²) >= 11 is 0. The van der Waals surface area contributed by atoms with Crippen LogP contribution in [0, 0.1) is 13.8 Å². The molecule has 0 bridgehead atoms. The molecule has 2 rings (SSSR count). The number of aryl methyl sites for hydroxylation is 2. The largest absolute Gasteiger partial charge is 0.493 e. The van der Waals surface area contributed by atoms with Crippen molar-refractivity contribution in [2.75, 3.05) is 34.5 Å². The summed E-state index contributed by atoms with van der Waals surface area (Å²) in [6.45, 7) is 3.23. The molecule has 28 heavy (non-hydrogen) atoms. The highest BCUT2D eigenvalue weighted by Gasteiger charge is 2.18. The van der Waals surface area contributed by atoms with Crippen LogP contribution in [0.5, 0.6) is 23.0 Å². The second kappa shape index (κ2) is 9.64. The van der Waals surface area contributed by atoms with Crippen molar-refractivity contribution in [1.82, 2.24) is 0 Å². The quantitative estimate of drug-likeness (QED) is 0.482. The van der Waals surface area contributed by atoms with Gasteiger partial charge in [-0.3, -0.25) is 4.79 Å². The van der Waals surface area contributed by atoms with Crippen molar-refractivity contribution in [3.05, 3.63) is 47.0 Å². The van der Waals surface area contributed by atoms with Gasteiger partial charge in [0, 0.05) is 5.56 Å². The second-order valence-corrected chi connectivity index (χ2v) is 6.03. The maximum absolute atomic E-state index is 12.4. The van der Waals surface area contributed by atoms with E-state index in [0.717, 1.165) is 11.1 Å². The van der Waals surface area contributed by atoms with Crippen LogP contribution in [0.4, 0.5) is 0 Å². The number of rotatable bonds is 9. The molecule has 0 atom stereocenters. The molecule has 7 heteroatoms. The molecule has 150 valence electrons. The Bertz CT molecular complexity index is 833. The van der Waals surface area contributed by atoms with Crippen molar-refractivity contribution in [2.24, 2.45) is 0 Å². The summed E-state index contributed by atoms with van der Waals surface area (Å²) in [5, 5.41) is 0. The lowest BCUT2D eigenvalue weighted by Gasteiger charge is -2.13. The molecule has 0 fully saturated rings. The highest BCUT2D eigenvalue weighted by molar-refractivity contribution is 5.99. The molecule has 2 aromatic rings. The number of hydrogen-bond acceptors (Lipinski definition) is 7. The maximum atomic E-state index is 12.4. The first-order valence-electron chi connectivity index (χ1n) is 8.58. The lowest BCUT2D eigenvalue weighted by molar-refractivity contribution is -0.144. The molecule has 2 aromatic carbocycles. The van der Waals surface area contributed by atoms with Crippen molar-refractivity contribution in [3.63, 3.8) is 0 Å². The number of esters is 1. The van der Waals surface area contributed by atoms with E-state index in [2.05, 4.69) is 0 Å². The van der Waals surface area contributed by atoms with E-state index in [4.69, 9.17) is 23.7 Å². The van der Waals surface area contributed by atoms with Gasteiger partial charge in [0.2, 0.25) is 11.5 Å². The third kappa shape index (κ3) is 5.16. The monoisotopic (exact) mass is 388 g/mol. The third-order valence-corrected chi connectivity index (χ3v) is 4.19. The van der Waals surface area contributed by atoms with E-state index in [1.54, 1.807) is 6.07 Å². The van der Waals surface area contributed by atoms with E-state index in [9.17, 15) is 9.59 Å². The average Bonchev–Trinajstić information content (AvgIpc) is 2.71. The molecule has 0 unspecified atom stereocenters. The van der Waals surface area contributed by atoms with Gasteiger partial charge in [0.25, 0.3) is 0 Å². The highest BCUT2D eigenvalue weighted by atomic mass is 16.6. The standard InChI is InChI=1S/C21H24O7/c1-13-6-7-16(8-14(13)2)27-12-20(23)28-11-17(22)15-9-18(24-3)21(26-5)19(10-15)25-4/h6-10H,11-12H2,1-5H3. The van der Waals surface area contributed by atoms with Crippen molar-refractivity contribution in [1.29, 1.82) is 0 Å². The van der Waals surface area contributed by atoms with Gasteiger partial charge in [-0.25, -0.2) is 4.79 Å². The van der Waals surface area contributed by atoms with Gasteiger partial charge in [-0.2, -0.15) is 0 Å². The predicted octanol–water partition coefficient (Wildman–Crippen LogP) is 3.13. The fraction of sp³-hybridized carbons (Fsp3) is 0.333. The minimum absolute atomic E-state index is 0.275. The second-order valence-electron chi connectivity index (χ2n) is 6.03. The van der Waals surface area contributed by atoms with Crippen LogP contribution in [-0.4, -0.2) is 46.3 Å². The van der Waals surface area contributed by atoms with Gasteiger partial charge < -0.3 is 23.7 Å². The van der Waals surface area contributed by atoms with Gasteiger partial charge in [-0.15, -0.1) is 0 Å². The lowest BCUT2D eigenvalue weighted by atomic mass is 10.1. The Balaban J connectivity index is 1.95. The van der Waals surface area contributed by atoms with Crippen LogP contribution in [0.2, 0.25) is 0 Å². The van der Waals surface area contributed by atoms with E-state index >= 15 is 0 Å². The molecule has 0 saturated heterocycles. The number of ketones is 1. The van der Waals surface area contributed by atoms with E-state index in [-0.39, 0.29) is 12.2 Å². The van der Waals surface area contributed by atoms with E-state index in [1.807, 2.05) is 26.0 Å². The van der Waals surface area contributed by atoms with E-state index in [1.165, 1.54) is 33.5 Å². The van der Waals surface area contributed by atoms with Crippen LogP contribution in [0.15, 0.2) is 30.3 Å². The SMILES string of the molecule is COc1cc(C(=O)COC(=O)COc2ccc(C)c(C)c2)cc(OC)c1OC. The molecule has 0 aromatic heterocycles. The van der Waals surface area contributed by atoms with Crippen LogP contribution in [0.25, 0.3) is 0 Å². The van der Waals surface area contributed by atoms with Gasteiger partial charge in [0.15, 0.2) is 24.7 Å². The summed E-state index contributed by atoms with van der Waals surface area (Å²) in [6, 6.07) is 8.52. The zero-order valence-corrected chi connectivity index (χ0v) is 16.7. The summed E-state index contributed by atoms with van der Waals surface area (Å²) in [5.74, 6) is 0.582. The summed E-state index contributed by atoms with van der Waals surface area (Å²) in [4.78, 5) is 24.3. The van der Waals surface area contributed by atoms with Crippen molar-refractivity contribution < 1.29 is 33.3 Å². The number of benzene rings is 2. The summed E-state index contributed by atoms with van der Waals surface area (Å²) < 4.78 is 26.1. The van der Waals surface area contributed by atoms with Crippen LogP contribution < -0.4 is 18.9 Å². The number of methoxy groups -OCH3 is 3. The molecule has 0 aliphatic heterocycles. The normalized spacial score (nSPS) is 10.2. The summed E-state index contributed by atoms with van der Waals surface area (Å²) in [7, 11) is 4.38. The molecule has 0 heterocycles. The molecule has 7 nitrogen and oxygen atoms in total. The van der Waals surface area contributed by atoms with Crippen LogP contribution >= 0.6 is 0 Å². The molecule has 0 N–H and O–H groups in total. The van der Waals surface area contributed by atoms with Crippen LogP contribution in [0.1, 0.15) is 21.5 Å². The molecule has 0 saturated carbocycles. The Hall–Kier alpha value is -3.22. The third-order valence-electron chi connectivity index (χ3n) is 4.19. The number of hydrogen-bond donors (Lipinski definition) is 0. The van der Waals surface area contributed by atoms with Crippen LogP contribution in [0.3, 0.4) is 0 Å². The molecule has 0 aliphatic rings. The first-order valence-corrected chi connectivity index (χ1v) is 8.58. The molecule has 0 amide bonds. The molecular weight excluding hydrogens is 364 g/mol. The van der Waals surface area contributed by atoms with Crippen molar-refractivity contribution in [2.45, 2.75) is 13.8 Å². The zero-order valence-electron chi connectivity index (χ0n) is 16.7. The molecular formula is C21H24O7. The Morgan fingerprint density at radius 1 is 0.821 bits per heavy atom. The Morgan fingerprint density at radius 2 is 1.46 bits per heavy atom. The number of Topliss-reactive ketones (excluding diaryl/α,β-unsaturated/α-hetero) is 1. The zero-order chi connectivity index (χ0) is 20.7. The Labute approximate surface area is 164 Å². The van der Waals surface area contributed by atoms with Crippen molar-refractivity contribution >= 4 is 11.8 Å². The average molecular weight is 388 g/mol. The fourth-order valence-electron chi connectivity index (χ4n) is 2.46.